The normalized spacial score (nSPS) is 28.0. The molecular formula is C17H22N2O3S. The molecule has 4 rings (SSSR count). The molecule has 0 radical (unpaired) electrons. The number of likely N-dealkylation sites (tertiary alicyclic amines) is 1. The number of benzene rings is 1. The van der Waals surface area contributed by atoms with Gasteiger partial charge in [-0.25, -0.2) is 0 Å². The number of fused-ring (bicyclic) bond motifs is 2. The topological polar surface area (TPSA) is 62.4 Å². The third kappa shape index (κ3) is 2.69. The number of H-pyrrole nitrogens is 1. The minimum absolute atomic E-state index is 0.242. The Balaban J connectivity index is 1.65. The van der Waals surface area contributed by atoms with Gasteiger partial charge in [-0.1, -0.05) is 12.1 Å². The summed E-state index contributed by atoms with van der Waals surface area (Å²) in [5.41, 5.74) is 3.99. The van der Waals surface area contributed by atoms with E-state index in [0.29, 0.717) is 12.0 Å². The molecule has 1 aromatic heterocycles. The molecule has 124 valence electrons. The maximum Gasteiger partial charge on any atom is 0.264 e. The summed E-state index contributed by atoms with van der Waals surface area (Å²) in [5.74, 6) is 0.681. The molecule has 1 aromatic carbocycles. The van der Waals surface area contributed by atoms with Gasteiger partial charge < -0.3 is 9.88 Å². The van der Waals surface area contributed by atoms with Gasteiger partial charge in [0.15, 0.2) is 0 Å². The summed E-state index contributed by atoms with van der Waals surface area (Å²) in [6, 6.07) is 6.94. The fraction of sp³-hybridized carbons (Fsp3) is 0.529. The predicted octanol–water partition coefficient (Wildman–Crippen LogP) is 2.10. The summed E-state index contributed by atoms with van der Waals surface area (Å²) in [6.07, 6.45) is 5.29. The molecule has 1 N–H and O–H groups in total. The second-order valence-electron chi connectivity index (χ2n) is 6.99. The average Bonchev–Trinajstić information content (AvgIpc) is 2.90. The Morgan fingerprint density at radius 2 is 2.22 bits per heavy atom. The van der Waals surface area contributed by atoms with Crippen molar-refractivity contribution in [2.75, 3.05) is 26.5 Å². The van der Waals surface area contributed by atoms with Crippen LogP contribution in [0.4, 0.5) is 0 Å². The summed E-state index contributed by atoms with van der Waals surface area (Å²) in [6.45, 7) is 1.16. The minimum Gasteiger partial charge on any atom is -0.361 e. The van der Waals surface area contributed by atoms with Gasteiger partial charge >= 0.3 is 0 Å². The van der Waals surface area contributed by atoms with E-state index in [0.717, 1.165) is 25.6 Å². The molecule has 0 spiro atoms. The summed E-state index contributed by atoms with van der Waals surface area (Å²) in [4.78, 5) is 5.75. The van der Waals surface area contributed by atoms with Crippen molar-refractivity contribution in [3.63, 3.8) is 0 Å². The fourth-order valence-corrected chi connectivity index (χ4v) is 4.83. The van der Waals surface area contributed by atoms with Crippen molar-refractivity contribution in [1.29, 1.82) is 0 Å². The van der Waals surface area contributed by atoms with Crippen LogP contribution in [0.25, 0.3) is 10.9 Å². The first-order valence-electron chi connectivity index (χ1n) is 8.06. The van der Waals surface area contributed by atoms with Crippen molar-refractivity contribution in [1.82, 2.24) is 9.88 Å². The molecule has 2 aromatic rings. The molecule has 1 unspecified atom stereocenters. The number of rotatable bonds is 3. The van der Waals surface area contributed by atoms with Crippen molar-refractivity contribution in [2.45, 2.75) is 24.8 Å². The smallest absolute Gasteiger partial charge is 0.264 e. The van der Waals surface area contributed by atoms with Crippen LogP contribution in [-0.4, -0.2) is 50.8 Å². The molecule has 0 bridgehead atoms. The molecular weight excluding hydrogens is 312 g/mol. The van der Waals surface area contributed by atoms with Crippen LogP contribution in [0.3, 0.4) is 0 Å². The average molecular weight is 334 g/mol. The Labute approximate surface area is 136 Å². The van der Waals surface area contributed by atoms with Gasteiger partial charge in [0.05, 0.1) is 12.9 Å². The Kier molecular flexibility index (Phi) is 3.51. The van der Waals surface area contributed by atoms with Crippen LogP contribution in [0.5, 0.6) is 0 Å². The summed E-state index contributed by atoms with van der Waals surface area (Å²) in [5, 5.41) is 1.37. The largest absolute Gasteiger partial charge is 0.361 e. The molecule has 2 aliphatic rings. The quantitative estimate of drug-likeness (QED) is 0.873. The predicted molar refractivity (Wildman–Crippen MR) is 90.1 cm³/mol. The lowest BCUT2D eigenvalue weighted by Gasteiger charge is -2.45. The first-order chi connectivity index (χ1) is 10.9. The van der Waals surface area contributed by atoms with Gasteiger partial charge in [0, 0.05) is 35.6 Å². The van der Waals surface area contributed by atoms with E-state index in [1.807, 2.05) is 0 Å². The van der Waals surface area contributed by atoms with E-state index < -0.39 is 10.1 Å². The van der Waals surface area contributed by atoms with Crippen molar-refractivity contribution >= 4 is 21.0 Å². The van der Waals surface area contributed by atoms with Gasteiger partial charge in [-0.3, -0.25) is 4.18 Å². The second kappa shape index (κ2) is 5.33. The van der Waals surface area contributed by atoms with E-state index in [2.05, 4.69) is 41.3 Å². The lowest BCUT2D eigenvalue weighted by molar-refractivity contribution is 0.0856. The van der Waals surface area contributed by atoms with Crippen LogP contribution >= 0.6 is 0 Å². The molecule has 5 nitrogen and oxygen atoms in total. The Bertz CT molecular complexity index is 843. The molecule has 1 aliphatic heterocycles. The first kappa shape index (κ1) is 15.2. The van der Waals surface area contributed by atoms with E-state index in [1.54, 1.807) is 0 Å². The van der Waals surface area contributed by atoms with Crippen LogP contribution in [0.2, 0.25) is 0 Å². The Hall–Kier alpha value is -1.37. The monoisotopic (exact) mass is 334 g/mol. The maximum atomic E-state index is 11.3. The molecule has 1 fully saturated rings. The Morgan fingerprint density at radius 1 is 1.39 bits per heavy atom. The van der Waals surface area contributed by atoms with Crippen LogP contribution in [-0.2, 0) is 20.7 Å². The van der Waals surface area contributed by atoms with Gasteiger partial charge in [0.1, 0.15) is 0 Å². The molecule has 0 amide bonds. The molecule has 1 saturated heterocycles. The van der Waals surface area contributed by atoms with E-state index in [4.69, 9.17) is 4.18 Å². The van der Waals surface area contributed by atoms with Gasteiger partial charge in [0.25, 0.3) is 10.1 Å². The maximum absolute atomic E-state index is 11.3. The highest BCUT2D eigenvalue weighted by Gasteiger charge is 2.39. The van der Waals surface area contributed by atoms with Crippen LogP contribution in [0.15, 0.2) is 24.4 Å². The van der Waals surface area contributed by atoms with Crippen molar-refractivity contribution in [2.24, 2.45) is 5.92 Å². The van der Waals surface area contributed by atoms with Crippen LogP contribution < -0.4 is 0 Å². The zero-order valence-electron chi connectivity index (χ0n) is 13.5. The standard InChI is InChI=1S/C17H22N2O3S/c1-19-9-11(10-22-23(2,20)21)6-14-13-4-3-5-15-17(13)12(8-18-15)7-16(14)19/h3-5,8,11,14,16,18H,6-7,9-10H2,1-2H3/t11?,14-,16-/m1/s1. The van der Waals surface area contributed by atoms with E-state index in [-0.39, 0.29) is 12.5 Å². The number of hydrogen-bond acceptors (Lipinski definition) is 4. The lowest BCUT2D eigenvalue weighted by Crippen LogP contribution is -2.48. The van der Waals surface area contributed by atoms with E-state index >= 15 is 0 Å². The van der Waals surface area contributed by atoms with Gasteiger partial charge in [0.2, 0.25) is 0 Å². The van der Waals surface area contributed by atoms with Crippen molar-refractivity contribution < 1.29 is 12.6 Å². The first-order valence-corrected chi connectivity index (χ1v) is 9.87. The molecule has 6 heteroatoms. The third-order valence-corrected chi connectivity index (χ3v) is 5.89. The molecule has 0 saturated carbocycles. The number of nitrogens with one attached hydrogen (secondary N) is 1. The zero-order chi connectivity index (χ0) is 16.2. The van der Waals surface area contributed by atoms with E-state index in [9.17, 15) is 8.42 Å². The minimum atomic E-state index is -3.37. The third-order valence-electron chi connectivity index (χ3n) is 5.33. The summed E-state index contributed by atoms with van der Waals surface area (Å²) >= 11 is 0. The summed E-state index contributed by atoms with van der Waals surface area (Å²) < 4.78 is 27.6. The van der Waals surface area contributed by atoms with Crippen LogP contribution in [0, 0.1) is 5.92 Å². The highest BCUT2D eigenvalue weighted by atomic mass is 32.2. The van der Waals surface area contributed by atoms with Gasteiger partial charge in [-0.05, 0) is 43.0 Å². The number of piperidine rings is 1. The number of hydrogen-bond donors (Lipinski definition) is 1. The number of nitrogens with zero attached hydrogens (tertiary/aromatic N) is 1. The lowest BCUT2D eigenvalue weighted by atomic mass is 9.72. The summed E-state index contributed by atoms with van der Waals surface area (Å²) in [7, 11) is -1.23. The molecule has 2 heterocycles. The van der Waals surface area contributed by atoms with E-state index in [1.165, 1.54) is 22.0 Å². The fourth-order valence-electron chi connectivity index (χ4n) is 4.39. The molecule has 23 heavy (non-hydrogen) atoms. The highest BCUT2D eigenvalue weighted by molar-refractivity contribution is 7.85. The van der Waals surface area contributed by atoms with Gasteiger partial charge in [-0.2, -0.15) is 8.42 Å². The number of aromatic amines is 1. The Morgan fingerprint density at radius 3 is 3.00 bits per heavy atom. The van der Waals surface area contributed by atoms with Gasteiger partial charge in [-0.15, -0.1) is 0 Å². The van der Waals surface area contributed by atoms with Crippen LogP contribution in [0.1, 0.15) is 23.5 Å². The highest BCUT2D eigenvalue weighted by Crippen LogP contribution is 2.44. The SMILES string of the molecule is CN1CC(COS(C)(=O)=O)C[C@@H]2c3cccc4[nH]cc(c34)C[C@H]21. The van der Waals surface area contributed by atoms with Crippen molar-refractivity contribution in [3.8, 4) is 0 Å². The van der Waals surface area contributed by atoms with Crippen molar-refractivity contribution in [3.05, 3.63) is 35.5 Å². The second-order valence-corrected chi connectivity index (χ2v) is 8.64. The molecule has 3 atom stereocenters. The zero-order valence-corrected chi connectivity index (χ0v) is 14.3. The number of aromatic nitrogens is 1. The number of likely N-dealkylation sites (N-methyl/N-ethyl adjacent to an activating group) is 1. The molecule has 1 aliphatic carbocycles.